The SMILES string of the molecule is CCC1=COP(C)OC1. The van der Waals surface area contributed by atoms with Crippen LogP contribution in [0.5, 0.6) is 0 Å². The highest BCUT2D eigenvalue weighted by Gasteiger charge is 2.09. The van der Waals surface area contributed by atoms with Gasteiger partial charge < -0.3 is 9.05 Å². The van der Waals surface area contributed by atoms with E-state index in [0.717, 1.165) is 13.0 Å². The van der Waals surface area contributed by atoms with E-state index < -0.39 is 8.38 Å². The molecule has 9 heavy (non-hydrogen) atoms. The predicted molar refractivity (Wildman–Crippen MR) is 38.3 cm³/mol. The minimum absolute atomic E-state index is 0.600. The van der Waals surface area contributed by atoms with Crippen LogP contribution in [0.2, 0.25) is 0 Å². The lowest BCUT2D eigenvalue weighted by Gasteiger charge is -2.17. The summed E-state index contributed by atoms with van der Waals surface area (Å²) in [5, 5.41) is 0. The third kappa shape index (κ3) is 1.96. The van der Waals surface area contributed by atoms with Gasteiger partial charge in [-0.1, -0.05) is 6.92 Å². The minimum Gasteiger partial charge on any atom is -0.455 e. The van der Waals surface area contributed by atoms with Gasteiger partial charge in [-0.05, 0) is 12.0 Å². The lowest BCUT2D eigenvalue weighted by atomic mass is 10.2. The van der Waals surface area contributed by atoms with Gasteiger partial charge in [-0.25, -0.2) is 0 Å². The fourth-order valence-corrected chi connectivity index (χ4v) is 1.28. The van der Waals surface area contributed by atoms with Crippen LogP contribution >= 0.6 is 8.38 Å². The van der Waals surface area contributed by atoms with Crippen molar-refractivity contribution in [2.75, 3.05) is 13.3 Å². The average molecular weight is 146 g/mol. The quantitative estimate of drug-likeness (QED) is 0.528. The summed E-state index contributed by atoms with van der Waals surface area (Å²) in [6.07, 6.45) is 2.86. The summed E-state index contributed by atoms with van der Waals surface area (Å²) in [4.78, 5) is 0. The van der Waals surface area contributed by atoms with E-state index in [-0.39, 0.29) is 0 Å². The highest BCUT2D eigenvalue weighted by molar-refractivity contribution is 7.46. The fraction of sp³-hybridized carbons (Fsp3) is 0.667. The van der Waals surface area contributed by atoms with E-state index in [1.54, 1.807) is 0 Å². The lowest BCUT2D eigenvalue weighted by Crippen LogP contribution is -1.99. The van der Waals surface area contributed by atoms with Crippen molar-refractivity contribution in [3.8, 4) is 0 Å². The maximum Gasteiger partial charge on any atom is 0.226 e. The Morgan fingerprint density at radius 1 is 1.78 bits per heavy atom. The Morgan fingerprint density at radius 2 is 2.56 bits per heavy atom. The summed E-state index contributed by atoms with van der Waals surface area (Å²) in [6.45, 7) is 4.82. The molecule has 0 aliphatic carbocycles. The zero-order chi connectivity index (χ0) is 6.69. The first-order chi connectivity index (χ1) is 4.33. The van der Waals surface area contributed by atoms with Crippen molar-refractivity contribution in [1.29, 1.82) is 0 Å². The van der Waals surface area contributed by atoms with Gasteiger partial charge in [0.15, 0.2) is 0 Å². The molecule has 0 spiro atoms. The zero-order valence-corrected chi connectivity index (χ0v) is 6.65. The largest absolute Gasteiger partial charge is 0.455 e. The second-order valence-electron chi connectivity index (χ2n) is 1.95. The molecule has 0 fully saturated rings. The first kappa shape index (κ1) is 7.04. The van der Waals surface area contributed by atoms with Crippen molar-refractivity contribution < 1.29 is 9.05 Å². The van der Waals surface area contributed by atoms with Crippen molar-refractivity contribution in [1.82, 2.24) is 0 Å². The van der Waals surface area contributed by atoms with E-state index in [1.807, 2.05) is 12.9 Å². The van der Waals surface area contributed by atoms with E-state index in [0.29, 0.717) is 0 Å². The molecule has 0 N–H and O–H groups in total. The van der Waals surface area contributed by atoms with Crippen molar-refractivity contribution in [2.45, 2.75) is 13.3 Å². The van der Waals surface area contributed by atoms with Crippen LogP contribution in [-0.4, -0.2) is 13.3 Å². The lowest BCUT2D eigenvalue weighted by molar-refractivity contribution is 0.297. The van der Waals surface area contributed by atoms with Crippen LogP contribution in [0.1, 0.15) is 13.3 Å². The second-order valence-corrected chi connectivity index (χ2v) is 3.30. The van der Waals surface area contributed by atoms with Crippen LogP contribution < -0.4 is 0 Å². The Labute approximate surface area is 56.8 Å². The Morgan fingerprint density at radius 3 is 3.00 bits per heavy atom. The van der Waals surface area contributed by atoms with E-state index in [2.05, 4.69) is 6.92 Å². The van der Waals surface area contributed by atoms with Crippen molar-refractivity contribution in [2.24, 2.45) is 0 Å². The molecular formula is C6H11O2P. The fourth-order valence-electron chi connectivity index (χ4n) is 0.572. The first-order valence-corrected chi connectivity index (χ1v) is 4.66. The number of rotatable bonds is 1. The van der Waals surface area contributed by atoms with E-state index in [1.165, 1.54) is 5.57 Å². The molecule has 0 aromatic heterocycles. The van der Waals surface area contributed by atoms with E-state index in [4.69, 9.17) is 9.05 Å². The van der Waals surface area contributed by atoms with Crippen molar-refractivity contribution >= 4 is 8.38 Å². The smallest absolute Gasteiger partial charge is 0.226 e. The van der Waals surface area contributed by atoms with E-state index >= 15 is 0 Å². The summed E-state index contributed by atoms with van der Waals surface area (Å²) in [7, 11) is -0.600. The molecule has 0 saturated carbocycles. The second kappa shape index (κ2) is 3.19. The van der Waals surface area contributed by atoms with Gasteiger partial charge >= 0.3 is 0 Å². The molecule has 1 atom stereocenters. The highest BCUT2D eigenvalue weighted by Crippen LogP contribution is 2.38. The van der Waals surface area contributed by atoms with Crippen LogP contribution in [0.25, 0.3) is 0 Å². The molecule has 0 bridgehead atoms. The Kier molecular flexibility index (Phi) is 2.49. The summed E-state index contributed by atoms with van der Waals surface area (Å²) in [5.74, 6) is 0. The summed E-state index contributed by atoms with van der Waals surface area (Å²) >= 11 is 0. The normalized spacial score (nSPS) is 26.9. The van der Waals surface area contributed by atoms with Crippen LogP contribution in [0, 0.1) is 0 Å². The minimum atomic E-state index is -0.600. The van der Waals surface area contributed by atoms with Crippen LogP contribution in [0.4, 0.5) is 0 Å². The number of hydrogen-bond donors (Lipinski definition) is 0. The van der Waals surface area contributed by atoms with Crippen LogP contribution in [0.15, 0.2) is 11.8 Å². The van der Waals surface area contributed by atoms with Gasteiger partial charge in [0, 0.05) is 6.66 Å². The maximum atomic E-state index is 5.26. The van der Waals surface area contributed by atoms with Crippen molar-refractivity contribution in [3.05, 3.63) is 11.8 Å². The summed E-state index contributed by atoms with van der Waals surface area (Å²) < 4.78 is 10.4. The van der Waals surface area contributed by atoms with Gasteiger partial charge in [0.05, 0.1) is 12.9 Å². The summed E-state index contributed by atoms with van der Waals surface area (Å²) in [6, 6.07) is 0. The molecule has 0 amide bonds. The Bertz CT molecular complexity index is 122. The third-order valence-electron chi connectivity index (χ3n) is 1.25. The van der Waals surface area contributed by atoms with Gasteiger partial charge in [-0.2, -0.15) is 0 Å². The average Bonchev–Trinajstić information content (AvgIpc) is 1.90. The molecule has 1 unspecified atom stereocenters. The molecule has 1 heterocycles. The number of hydrogen-bond acceptors (Lipinski definition) is 2. The van der Waals surface area contributed by atoms with Crippen LogP contribution in [0.3, 0.4) is 0 Å². The molecule has 0 aromatic rings. The van der Waals surface area contributed by atoms with Crippen molar-refractivity contribution in [3.63, 3.8) is 0 Å². The molecule has 2 nitrogen and oxygen atoms in total. The standard InChI is InChI=1S/C6H11O2P/c1-3-6-4-7-9(2)8-5-6/h4H,3,5H2,1-2H3. The molecule has 3 heteroatoms. The van der Waals surface area contributed by atoms with Gasteiger partial charge in [0.1, 0.15) is 0 Å². The zero-order valence-electron chi connectivity index (χ0n) is 5.76. The van der Waals surface area contributed by atoms with Crippen LogP contribution in [-0.2, 0) is 9.05 Å². The molecule has 0 aromatic carbocycles. The van der Waals surface area contributed by atoms with Gasteiger partial charge in [-0.3, -0.25) is 0 Å². The van der Waals surface area contributed by atoms with Gasteiger partial charge in [-0.15, -0.1) is 0 Å². The molecule has 52 valence electrons. The molecular weight excluding hydrogens is 135 g/mol. The Balaban J connectivity index is 2.40. The van der Waals surface area contributed by atoms with Gasteiger partial charge in [0.2, 0.25) is 8.38 Å². The van der Waals surface area contributed by atoms with E-state index in [9.17, 15) is 0 Å². The molecule has 0 saturated heterocycles. The summed E-state index contributed by atoms with van der Waals surface area (Å²) in [5.41, 5.74) is 1.25. The third-order valence-corrected chi connectivity index (χ3v) is 2.15. The molecule has 1 aliphatic heterocycles. The maximum absolute atomic E-state index is 5.26. The molecule has 0 radical (unpaired) electrons. The Hall–Kier alpha value is -0.0700. The first-order valence-electron chi connectivity index (χ1n) is 3.04. The van der Waals surface area contributed by atoms with Gasteiger partial charge in [0.25, 0.3) is 0 Å². The monoisotopic (exact) mass is 146 g/mol. The molecule has 1 aliphatic rings. The topological polar surface area (TPSA) is 18.5 Å². The highest BCUT2D eigenvalue weighted by atomic mass is 31.2. The predicted octanol–water partition coefficient (Wildman–Crippen LogP) is 2.27. The molecule has 1 rings (SSSR count).